The van der Waals surface area contributed by atoms with Gasteiger partial charge >= 0.3 is 5.97 Å². The molecule has 6 rings (SSSR count). The van der Waals surface area contributed by atoms with Gasteiger partial charge in [0.25, 0.3) is 0 Å². The van der Waals surface area contributed by atoms with Gasteiger partial charge in [0.1, 0.15) is 10.7 Å². The molecule has 154 valence electrons. The Hall–Kier alpha value is -1.79. The number of ketones is 1. The Balaban J connectivity index is 1.34. The van der Waals surface area contributed by atoms with Crippen molar-refractivity contribution in [2.75, 3.05) is 13.7 Å². The van der Waals surface area contributed by atoms with E-state index in [2.05, 4.69) is 0 Å². The minimum atomic E-state index is -0.560. The van der Waals surface area contributed by atoms with Crippen LogP contribution in [0.2, 0.25) is 0 Å². The normalized spacial score (nSPS) is 30.1. The number of methoxy groups -OCH3 is 1. The molecule has 4 nitrogen and oxygen atoms in total. The molecule has 1 aromatic carbocycles. The van der Waals surface area contributed by atoms with Gasteiger partial charge in [0, 0.05) is 28.2 Å². The molecule has 4 bridgehead atoms. The molecule has 1 aromatic heterocycles. The maximum absolute atomic E-state index is 14.3. The lowest BCUT2D eigenvalue weighted by atomic mass is 9.48. The molecule has 6 heteroatoms. The van der Waals surface area contributed by atoms with Gasteiger partial charge in [0.2, 0.25) is 0 Å². The van der Waals surface area contributed by atoms with Crippen LogP contribution in [0.25, 0.3) is 10.1 Å². The number of esters is 1. The number of rotatable bonds is 6. The number of halogens is 1. The number of benzene rings is 1. The summed E-state index contributed by atoms with van der Waals surface area (Å²) in [6, 6.07) is 4.77. The summed E-state index contributed by atoms with van der Waals surface area (Å²) in [4.78, 5) is 26.2. The predicted molar refractivity (Wildman–Crippen MR) is 108 cm³/mol. The van der Waals surface area contributed by atoms with Gasteiger partial charge in [-0.25, -0.2) is 9.18 Å². The fraction of sp³-hybridized carbons (Fsp3) is 0.565. The quantitative estimate of drug-likeness (QED) is 0.613. The molecule has 1 heterocycles. The van der Waals surface area contributed by atoms with Crippen LogP contribution in [0.3, 0.4) is 0 Å². The number of hydrogen-bond donors (Lipinski definition) is 0. The highest BCUT2D eigenvalue weighted by Crippen LogP contribution is 2.60. The summed E-state index contributed by atoms with van der Waals surface area (Å²) in [7, 11) is 1.51. The van der Waals surface area contributed by atoms with Gasteiger partial charge in [0.05, 0.1) is 6.61 Å². The number of ether oxygens (including phenoxy) is 2. The maximum atomic E-state index is 14.3. The molecule has 4 fully saturated rings. The molecule has 0 radical (unpaired) electrons. The van der Waals surface area contributed by atoms with Gasteiger partial charge in [-0.3, -0.25) is 4.79 Å². The van der Waals surface area contributed by atoms with Crippen LogP contribution in [-0.2, 0) is 20.9 Å². The minimum absolute atomic E-state index is 0.0746. The van der Waals surface area contributed by atoms with Crippen LogP contribution in [0.15, 0.2) is 18.2 Å². The van der Waals surface area contributed by atoms with Crippen LogP contribution in [0.4, 0.5) is 4.39 Å². The van der Waals surface area contributed by atoms with Crippen molar-refractivity contribution >= 4 is 33.2 Å². The second kappa shape index (κ2) is 7.17. The lowest BCUT2D eigenvalue weighted by molar-refractivity contribution is -0.147. The van der Waals surface area contributed by atoms with Crippen molar-refractivity contribution in [3.05, 3.63) is 34.5 Å². The highest BCUT2D eigenvalue weighted by atomic mass is 32.1. The van der Waals surface area contributed by atoms with Gasteiger partial charge < -0.3 is 9.47 Å². The van der Waals surface area contributed by atoms with Crippen molar-refractivity contribution in [1.82, 2.24) is 0 Å². The summed E-state index contributed by atoms with van der Waals surface area (Å²) >= 11 is 1.19. The van der Waals surface area contributed by atoms with Crippen molar-refractivity contribution in [2.24, 2.45) is 23.2 Å². The lowest BCUT2D eigenvalue weighted by Gasteiger charge is -2.55. The van der Waals surface area contributed by atoms with Crippen molar-refractivity contribution in [3.63, 3.8) is 0 Å². The first-order chi connectivity index (χ1) is 14.0. The Morgan fingerprint density at radius 2 is 1.79 bits per heavy atom. The zero-order valence-corrected chi connectivity index (χ0v) is 17.4. The molecular weight excluding hydrogens is 391 g/mol. The van der Waals surface area contributed by atoms with E-state index >= 15 is 0 Å². The average molecular weight is 417 g/mol. The van der Waals surface area contributed by atoms with Crippen LogP contribution in [0, 0.1) is 29.0 Å². The van der Waals surface area contributed by atoms with Crippen LogP contribution in [0.5, 0.6) is 0 Å². The summed E-state index contributed by atoms with van der Waals surface area (Å²) in [6.45, 7) is -0.0670. The Labute approximate surface area is 173 Å². The van der Waals surface area contributed by atoms with Gasteiger partial charge in [0.15, 0.2) is 12.4 Å². The Kier molecular flexibility index (Phi) is 4.74. The summed E-state index contributed by atoms with van der Waals surface area (Å²) in [5, 5.41) is 0.402. The van der Waals surface area contributed by atoms with E-state index in [4.69, 9.17) is 9.47 Å². The first kappa shape index (κ1) is 19.2. The molecule has 0 unspecified atom stereocenters. The zero-order valence-electron chi connectivity index (χ0n) is 16.5. The highest BCUT2D eigenvalue weighted by molar-refractivity contribution is 7.21. The van der Waals surface area contributed by atoms with E-state index in [1.807, 2.05) is 0 Å². The van der Waals surface area contributed by atoms with Crippen LogP contribution < -0.4 is 0 Å². The largest absolute Gasteiger partial charge is 0.453 e. The topological polar surface area (TPSA) is 52.6 Å². The molecule has 0 saturated heterocycles. The van der Waals surface area contributed by atoms with Crippen LogP contribution in [-0.4, -0.2) is 25.5 Å². The second-order valence-electron chi connectivity index (χ2n) is 9.15. The van der Waals surface area contributed by atoms with E-state index < -0.39 is 5.97 Å². The molecule has 4 aliphatic carbocycles. The predicted octanol–water partition coefficient (Wildman–Crippen LogP) is 5.13. The molecule has 4 saturated carbocycles. The molecule has 0 spiro atoms. The Morgan fingerprint density at radius 1 is 1.14 bits per heavy atom. The molecule has 2 aromatic rings. The van der Waals surface area contributed by atoms with Crippen LogP contribution in [0.1, 0.15) is 53.8 Å². The molecule has 0 aliphatic heterocycles. The minimum Gasteiger partial charge on any atom is -0.453 e. The van der Waals surface area contributed by atoms with E-state index in [0.717, 1.165) is 19.3 Å². The summed E-state index contributed by atoms with van der Waals surface area (Å²) in [5.41, 5.74) is 0.217. The van der Waals surface area contributed by atoms with Gasteiger partial charge in [-0.1, -0.05) is 6.07 Å². The highest BCUT2D eigenvalue weighted by Gasteiger charge is 2.54. The Bertz CT molecular complexity index is 943. The van der Waals surface area contributed by atoms with Crippen molar-refractivity contribution in [3.8, 4) is 0 Å². The van der Waals surface area contributed by atoms with Crippen LogP contribution >= 0.6 is 11.3 Å². The molecule has 0 N–H and O–H groups in total. The number of carbonyl (C=O) groups excluding carboxylic acids is 2. The molecular formula is C23H25FO4S. The first-order valence-corrected chi connectivity index (χ1v) is 11.2. The fourth-order valence-electron chi connectivity index (χ4n) is 6.42. The average Bonchev–Trinajstić information content (AvgIpc) is 3.05. The van der Waals surface area contributed by atoms with E-state index in [9.17, 15) is 14.0 Å². The van der Waals surface area contributed by atoms with E-state index in [1.54, 1.807) is 12.1 Å². The summed E-state index contributed by atoms with van der Waals surface area (Å²) in [6.07, 6.45) is 6.66. The number of hydrogen-bond acceptors (Lipinski definition) is 5. The molecule has 0 atom stereocenters. The lowest BCUT2D eigenvalue weighted by Crippen LogP contribution is -2.51. The van der Waals surface area contributed by atoms with Crippen molar-refractivity contribution in [1.29, 1.82) is 0 Å². The number of fused-ring (bicyclic) bond motifs is 1. The Morgan fingerprint density at radius 3 is 2.41 bits per heavy atom. The van der Waals surface area contributed by atoms with E-state index in [0.29, 0.717) is 38.3 Å². The second-order valence-corrected chi connectivity index (χ2v) is 10.2. The monoisotopic (exact) mass is 416 g/mol. The molecule has 4 aliphatic rings. The standard InChI is InChI=1S/C23H25FO4S/c1-27-11-16-20-17(24)3-2-4-18(20)29-21(16)22(26)28-12-19(25)23-8-13-5-14(9-23)7-15(6-13)10-23/h2-4,13-15H,5-12H2,1H3. The SMILES string of the molecule is COCc1c(C(=O)OCC(=O)C23CC4CC(CC(C4)C2)C3)sc2cccc(F)c12. The zero-order chi connectivity index (χ0) is 20.2. The molecule has 29 heavy (non-hydrogen) atoms. The van der Waals surface area contributed by atoms with Gasteiger partial charge in [-0.05, 0) is 68.4 Å². The third-order valence-corrected chi connectivity index (χ3v) is 8.38. The number of Topliss-reactive ketones (excluding diaryl/α,β-unsaturated/α-hetero) is 1. The first-order valence-electron chi connectivity index (χ1n) is 10.4. The number of thiophene rings is 1. The summed E-state index contributed by atoms with van der Waals surface area (Å²) < 4.78 is 25.7. The smallest absolute Gasteiger partial charge is 0.349 e. The van der Waals surface area contributed by atoms with E-state index in [-0.39, 0.29) is 30.2 Å². The summed E-state index contributed by atoms with van der Waals surface area (Å²) in [5.74, 6) is 1.13. The number of carbonyl (C=O) groups is 2. The third kappa shape index (κ3) is 3.21. The van der Waals surface area contributed by atoms with E-state index in [1.165, 1.54) is 43.8 Å². The van der Waals surface area contributed by atoms with Crippen molar-refractivity contribution in [2.45, 2.75) is 45.1 Å². The maximum Gasteiger partial charge on any atom is 0.349 e. The fourth-order valence-corrected chi connectivity index (χ4v) is 7.53. The van der Waals surface area contributed by atoms with Crippen molar-refractivity contribution < 1.29 is 23.5 Å². The third-order valence-electron chi connectivity index (χ3n) is 7.20. The van der Waals surface area contributed by atoms with Gasteiger partial charge in [-0.2, -0.15) is 0 Å². The molecule has 0 amide bonds. The van der Waals surface area contributed by atoms with Gasteiger partial charge in [-0.15, -0.1) is 11.3 Å².